The minimum atomic E-state index is -4.26. The second-order valence-corrected chi connectivity index (χ2v) is 5.79. The van der Waals surface area contributed by atoms with Crippen molar-refractivity contribution in [2.24, 2.45) is 5.10 Å². The molecule has 0 radical (unpaired) electrons. The highest BCUT2D eigenvalue weighted by molar-refractivity contribution is 7.85. The molecule has 0 aliphatic carbocycles. The summed E-state index contributed by atoms with van der Waals surface area (Å²) in [5, 5.41) is 24.1. The third-order valence-corrected chi connectivity index (χ3v) is 3.64. The Labute approximate surface area is 130 Å². The van der Waals surface area contributed by atoms with Gasteiger partial charge in [-0.2, -0.15) is 13.5 Å². The van der Waals surface area contributed by atoms with Gasteiger partial charge in [0, 0.05) is 17.7 Å². The van der Waals surface area contributed by atoms with E-state index >= 15 is 0 Å². The average molecular weight is 337 g/mol. The van der Waals surface area contributed by atoms with Gasteiger partial charge in [-0.3, -0.25) is 20.1 Å². The highest BCUT2D eigenvalue weighted by Crippen LogP contribution is 2.21. The highest BCUT2D eigenvalue weighted by atomic mass is 32.2. The number of hydrazone groups is 1. The predicted molar refractivity (Wildman–Crippen MR) is 82.2 cm³/mol. The van der Waals surface area contributed by atoms with Gasteiger partial charge in [0.1, 0.15) is 5.75 Å². The molecule has 0 atom stereocenters. The largest absolute Gasteiger partial charge is 0.507 e. The molecule has 120 valence electrons. The van der Waals surface area contributed by atoms with E-state index in [9.17, 15) is 23.6 Å². The molecule has 0 heterocycles. The number of benzene rings is 2. The lowest BCUT2D eigenvalue weighted by atomic mass is 10.2. The number of nitro benzene ring substituents is 1. The summed E-state index contributed by atoms with van der Waals surface area (Å²) < 4.78 is 30.6. The molecule has 0 unspecified atom stereocenters. The third-order valence-electron chi connectivity index (χ3n) is 2.77. The van der Waals surface area contributed by atoms with Crippen LogP contribution >= 0.6 is 0 Å². The van der Waals surface area contributed by atoms with Gasteiger partial charge in [-0.05, 0) is 30.3 Å². The molecule has 0 spiro atoms. The monoisotopic (exact) mass is 337 g/mol. The summed E-state index contributed by atoms with van der Waals surface area (Å²) in [5.74, 6) is -0.178. The molecule has 0 aromatic heterocycles. The maximum Gasteiger partial charge on any atom is 0.294 e. The van der Waals surface area contributed by atoms with Crippen molar-refractivity contribution >= 4 is 27.7 Å². The Balaban J connectivity index is 2.13. The SMILES string of the molecule is O=[N+]([O-])c1ccc(O)c(C=NNc2ccc(S(=O)(=O)O)cc2)c1. The Morgan fingerprint density at radius 1 is 1.17 bits per heavy atom. The van der Waals surface area contributed by atoms with E-state index in [-0.39, 0.29) is 21.9 Å². The summed E-state index contributed by atoms with van der Waals surface area (Å²) in [4.78, 5) is 9.81. The number of phenolic OH excluding ortho intramolecular Hbond substituents is 1. The molecule has 0 bridgehead atoms. The van der Waals surface area contributed by atoms with Crippen LogP contribution in [0.2, 0.25) is 0 Å². The zero-order chi connectivity index (χ0) is 17.0. The Morgan fingerprint density at radius 3 is 2.39 bits per heavy atom. The summed E-state index contributed by atoms with van der Waals surface area (Å²) in [6.45, 7) is 0. The van der Waals surface area contributed by atoms with Gasteiger partial charge in [0.25, 0.3) is 15.8 Å². The van der Waals surface area contributed by atoms with Crippen LogP contribution in [0.25, 0.3) is 0 Å². The topological polar surface area (TPSA) is 142 Å². The second kappa shape index (κ2) is 6.42. The smallest absolute Gasteiger partial charge is 0.294 e. The number of phenols is 1. The van der Waals surface area contributed by atoms with Gasteiger partial charge in [0.05, 0.1) is 21.7 Å². The lowest BCUT2D eigenvalue weighted by molar-refractivity contribution is -0.384. The summed E-state index contributed by atoms with van der Waals surface area (Å²) in [6, 6.07) is 8.59. The zero-order valence-electron chi connectivity index (χ0n) is 11.4. The third kappa shape index (κ3) is 4.25. The van der Waals surface area contributed by atoms with Gasteiger partial charge in [-0.15, -0.1) is 0 Å². The van der Waals surface area contributed by atoms with E-state index < -0.39 is 15.0 Å². The minimum absolute atomic E-state index is 0.140. The summed E-state index contributed by atoms with van der Waals surface area (Å²) in [5.41, 5.74) is 2.92. The number of rotatable bonds is 5. The molecule has 0 aliphatic heterocycles. The molecular formula is C13H11N3O6S. The van der Waals surface area contributed by atoms with Crippen molar-refractivity contribution < 1.29 is 23.0 Å². The van der Waals surface area contributed by atoms with E-state index in [1.54, 1.807) is 0 Å². The number of non-ortho nitro benzene ring substituents is 1. The molecule has 2 aromatic carbocycles. The van der Waals surface area contributed by atoms with E-state index in [4.69, 9.17) is 4.55 Å². The van der Waals surface area contributed by atoms with Gasteiger partial charge >= 0.3 is 0 Å². The first-order valence-electron chi connectivity index (χ1n) is 6.11. The van der Waals surface area contributed by atoms with Crippen molar-refractivity contribution in [1.29, 1.82) is 0 Å². The van der Waals surface area contributed by atoms with E-state index in [0.717, 1.165) is 12.1 Å². The molecule has 9 nitrogen and oxygen atoms in total. The summed E-state index contributed by atoms with van der Waals surface area (Å²) >= 11 is 0. The summed E-state index contributed by atoms with van der Waals surface area (Å²) in [6.07, 6.45) is 1.18. The number of nitro groups is 1. The molecule has 3 N–H and O–H groups in total. The Morgan fingerprint density at radius 2 is 1.83 bits per heavy atom. The molecule has 23 heavy (non-hydrogen) atoms. The molecule has 0 fully saturated rings. The quantitative estimate of drug-likeness (QED) is 0.328. The lowest BCUT2D eigenvalue weighted by Gasteiger charge is -2.02. The molecule has 2 rings (SSSR count). The Kier molecular flexibility index (Phi) is 4.57. The van der Waals surface area contributed by atoms with Crippen LogP contribution in [0.3, 0.4) is 0 Å². The van der Waals surface area contributed by atoms with Gasteiger partial charge in [0.15, 0.2) is 0 Å². The number of hydrogen-bond acceptors (Lipinski definition) is 7. The first kappa shape index (κ1) is 16.4. The molecule has 0 aliphatic rings. The standard InChI is InChI=1S/C13H11N3O6S/c17-13-6-3-11(16(18)19)7-9(13)8-14-15-10-1-4-12(5-2-10)23(20,21)22/h1-8,15,17H,(H,20,21,22). The van der Waals surface area contributed by atoms with Crippen molar-refractivity contribution in [3.05, 3.63) is 58.1 Å². The molecule has 10 heteroatoms. The Bertz CT molecular complexity index is 862. The van der Waals surface area contributed by atoms with E-state index in [2.05, 4.69) is 10.5 Å². The summed E-state index contributed by atoms with van der Waals surface area (Å²) in [7, 11) is -4.26. The molecular weight excluding hydrogens is 326 g/mol. The highest BCUT2D eigenvalue weighted by Gasteiger charge is 2.09. The van der Waals surface area contributed by atoms with E-state index in [0.29, 0.717) is 5.69 Å². The Hall–Kier alpha value is -2.98. The van der Waals surface area contributed by atoms with Crippen LogP contribution in [0.5, 0.6) is 5.75 Å². The second-order valence-electron chi connectivity index (χ2n) is 4.37. The molecule has 0 saturated carbocycles. The predicted octanol–water partition coefficient (Wildman–Crippen LogP) is 1.99. The van der Waals surface area contributed by atoms with Crippen LogP contribution in [0.15, 0.2) is 52.5 Å². The van der Waals surface area contributed by atoms with Gasteiger partial charge in [-0.1, -0.05) is 0 Å². The molecule has 0 saturated heterocycles. The van der Waals surface area contributed by atoms with Crippen molar-refractivity contribution in [3.8, 4) is 5.75 Å². The zero-order valence-corrected chi connectivity index (χ0v) is 12.3. The number of aromatic hydroxyl groups is 1. The first-order valence-corrected chi connectivity index (χ1v) is 7.55. The van der Waals surface area contributed by atoms with Crippen LogP contribution in [-0.4, -0.2) is 29.2 Å². The van der Waals surface area contributed by atoms with Crippen LogP contribution < -0.4 is 5.43 Å². The molecule has 2 aromatic rings. The fourth-order valence-corrected chi connectivity index (χ4v) is 2.12. The van der Waals surface area contributed by atoms with Crippen LogP contribution in [0.1, 0.15) is 5.56 Å². The number of anilines is 1. The first-order chi connectivity index (χ1) is 10.8. The maximum atomic E-state index is 10.9. The van der Waals surface area contributed by atoms with Gasteiger partial charge in [0.2, 0.25) is 0 Å². The fourth-order valence-electron chi connectivity index (χ4n) is 1.64. The lowest BCUT2D eigenvalue weighted by Crippen LogP contribution is -1.98. The molecule has 0 amide bonds. The normalized spacial score (nSPS) is 11.5. The number of nitrogens with one attached hydrogen (secondary N) is 1. The average Bonchev–Trinajstić information content (AvgIpc) is 2.48. The van der Waals surface area contributed by atoms with Crippen LogP contribution in [-0.2, 0) is 10.1 Å². The van der Waals surface area contributed by atoms with Crippen molar-refractivity contribution in [2.75, 3.05) is 5.43 Å². The van der Waals surface area contributed by atoms with Crippen LogP contribution in [0.4, 0.5) is 11.4 Å². The van der Waals surface area contributed by atoms with Gasteiger partial charge in [-0.25, -0.2) is 0 Å². The van der Waals surface area contributed by atoms with Gasteiger partial charge < -0.3 is 5.11 Å². The van der Waals surface area contributed by atoms with Crippen molar-refractivity contribution in [2.45, 2.75) is 4.90 Å². The van der Waals surface area contributed by atoms with Crippen LogP contribution in [0, 0.1) is 10.1 Å². The number of hydrogen-bond donors (Lipinski definition) is 3. The maximum absolute atomic E-state index is 10.9. The number of nitrogens with zero attached hydrogens (tertiary/aromatic N) is 2. The minimum Gasteiger partial charge on any atom is -0.507 e. The van der Waals surface area contributed by atoms with Crippen molar-refractivity contribution in [1.82, 2.24) is 0 Å². The van der Waals surface area contributed by atoms with E-state index in [1.165, 1.54) is 36.5 Å². The van der Waals surface area contributed by atoms with E-state index in [1.807, 2.05) is 0 Å². The fraction of sp³-hybridized carbons (Fsp3) is 0. The van der Waals surface area contributed by atoms with Crippen molar-refractivity contribution in [3.63, 3.8) is 0 Å².